The van der Waals surface area contributed by atoms with E-state index >= 15 is 0 Å². The van der Waals surface area contributed by atoms with Crippen LogP contribution in [-0.4, -0.2) is 17.7 Å². The predicted molar refractivity (Wildman–Crippen MR) is 75.1 cm³/mol. The molecule has 1 N–H and O–H groups in total. The monoisotopic (exact) mass is 256 g/mol. The summed E-state index contributed by atoms with van der Waals surface area (Å²) in [5.41, 5.74) is 4.03. The first-order chi connectivity index (χ1) is 9.08. The second-order valence-corrected chi connectivity index (χ2v) is 4.49. The number of hydrogen-bond donors (Lipinski definition) is 1. The molecule has 19 heavy (non-hydrogen) atoms. The number of benzene rings is 1. The van der Waals surface area contributed by atoms with Gasteiger partial charge in [-0.25, -0.2) is 4.79 Å². The maximum absolute atomic E-state index is 10.5. The van der Waals surface area contributed by atoms with Crippen molar-refractivity contribution in [1.82, 2.24) is 0 Å². The van der Waals surface area contributed by atoms with E-state index < -0.39 is 5.97 Å². The van der Waals surface area contributed by atoms with Crippen molar-refractivity contribution in [2.45, 2.75) is 13.8 Å². The van der Waals surface area contributed by atoms with Gasteiger partial charge in [-0.3, -0.25) is 0 Å². The zero-order chi connectivity index (χ0) is 13.8. The molecule has 1 aliphatic heterocycles. The van der Waals surface area contributed by atoms with Gasteiger partial charge in [0.05, 0.1) is 0 Å². The molecule has 0 unspecified atom stereocenters. The van der Waals surface area contributed by atoms with Crippen molar-refractivity contribution in [3.63, 3.8) is 0 Å². The van der Waals surface area contributed by atoms with Crippen molar-refractivity contribution in [3.05, 3.63) is 59.2 Å². The number of carboxylic acids is 1. The highest BCUT2D eigenvalue weighted by Gasteiger charge is 2.14. The number of para-hydroxylation sites is 1. The van der Waals surface area contributed by atoms with Crippen LogP contribution in [0.25, 0.3) is 5.57 Å². The van der Waals surface area contributed by atoms with Gasteiger partial charge in [0, 0.05) is 11.6 Å². The average Bonchev–Trinajstić information content (AvgIpc) is 2.37. The predicted octanol–water partition coefficient (Wildman–Crippen LogP) is 3.44. The highest BCUT2D eigenvalue weighted by Crippen LogP contribution is 2.32. The SMILES string of the molecule is CC1=C(/C=C/C(C)=C/C(=O)O)COc2ccccc21. The van der Waals surface area contributed by atoms with Crippen molar-refractivity contribution in [3.8, 4) is 5.75 Å². The summed E-state index contributed by atoms with van der Waals surface area (Å²) in [6.07, 6.45) is 4.90. The summed E-state index contributed by atoms with van der Waals surface area (Å²) < 4.78 is 5.67. The van der Waals surface area contributed by atoms with Crippen LogP contribution in [0.3, 0.4) is 0 Å². The minimum absolute atomic E-state index is 0.514. The minimum atomic E-state index is -0.932. The summed E-state index contributed by atoms with van der Waals surface area (Å²) in [6.45, 7) is 4.33. The molecule has 1 heterocycles. The lowest BCUT2D eigenvalue weighted by Gasteiger charge is -2.20. The second-order valence-electron chi connectivity index (χ2n) is 4.49. The van der Waals surface area contributed by atoms with Crippen LogP contribution in [0.1, 0.15) is 19.4 Å². The summed E-state index contributed by atoms with van der Waals surface area (Å²) in [4.78, 5) is 10.5. The molecule has 1 aliphatic rings. The summed E-state index contributed by atoms with van der Waals surface area (Å²) in [5, 5.41) is 8.66. The molecular weight excluding hydrogens is 240 g/mol. The number of carbonyl (C=O) groups is 1. The number of fused-ring (bicyclic) bond motifs is 1. The molecule has 0 radical (unpaired) electrons. The van der Waals surface area contributed by atoms with Crippen molar-refractivity contribution in [2.24, 2.45) is 0 Å². The first kappa shape index (κ1) is 13.1. The number of ether oxygens (including phenoxy) is 1. The quantitative estimate of drug-likeness (QED) is 0.665. The Labute approximate surface area is 112 Å². The fraction of sp³-hybridized carbons (Fsp3) is 0.188. The van der Waals surface area contributed by atoms with E-state index in [4.69, 9.17) is 9.84 Å². The lowest BCUT2D eigenvalue weighted by atomic mass is 9.98. The fourth-order valence-corrected chi connectivity index (χ4v) is 1.99. The summed E-state index contributed by atoms with van der Waals surface area (Å²) in [6, 6.07) is 7.91. The molecule has 0 spiro atoms. The molecule has 1 aromatic carbocycles. The van der Waals surface area contributed by atoms with E-state index in [1.54, 1.807) is 13.0 Å². The molecule has 2 rings (SSSR count). The first-order valence-electron chi connectivity index (χ1n) is 6.09. The van der Waals surface area contributed by atoms with Crippen molar-refractivity contribution in [2.75, 3.05) is 6.61 Å². The Morgan fingerprint density at radius 2 is 2.11 bits per heavy atom. The van der Waals surface area contributed by atoms with Gasteiger partial charge >= 0.3 is 5.97 Å². The summed E-state index contributed by atoms with van der Waals surface area (Å²) in [5.74, 6) is -0.0342. The molecule has 0 aliphatic carbocycles. The minimum Gasteiger partial charge on any atom is -0.488 e. The van der Waals surface area contributed by atoms with Gasteiger partial charge in [-0.05, 0) is 36.6 Å². The van der Waals surface area contributed by atoms with Crippen LogP contribution in [0.15, 0.2) is 53.6 Å². The Bertz CT molecular complexity index is 592. The summed E-state index contributed by atoms with van der Waals surface area (Å²) >= 11 is 0. The number of rotatable bonds is 3. The van der Waals surface area contributed by atoms with Crippen LogP contribution in [0.5, 0.6) is 5.75 Å². The van der Waals surface area contributed by atoms with E-state index in [0.29, 0.717) is 12.2 Å². The highest BCUT2D eigenvalue weighted by atomic mass is 16.5. The molecule has 98 valence electrons. The first-order valence-corrected chi connectivity index (χ1v) is 6.09. The van der Waals surface area contributed by atoms with Crippen LogP contribution >= 0.6 is 0 Å². The van der Waals surface area contributed by atoms with Gasteiger partial charge in [0.2, 0.25) is 0 Å². The van der Waals surface area contributed by atoms with E-state index in [-0.39, 0.29) is 0 Å². The molecule has 0 saturated heterocycles. The second kappa shape index (κ2) is 5.57. The third-order valence-electron chi connectivity index (χ3n) is 3.05. The van der Waals surface area contributed by atoms with Crippen LogP contribution in [0, 0.1) is 0 Å². The largest absolute Gasteiger partial charge is 0.488 e. The van der Waals surface area contributed by atoms with Gasteiger partial charge in [0.25, 0.3) is 0 Å². The van der Waals surface area contributed by atoms with Gasteiger partial charge in [-0.2, -0.15) is 0 Å². The molecule has 0 fully saturated rings. The maximum atomic E-state index is 10.5. The molecule has 1 aromatic rings. The Kier molecular flexibility index (Phi) is 3.85. The normalized spacial score (nSPS) is 15.4. The zero-order valence-electron chi connectivity index (χ0n) is 11.0. The molecule has 3 nitrogen and oxygen atoms in total. The topological polar surface area (TPSA) is 46.5 Å². The Hall–Kier alpha value is -2.29. The molecular formula is C16H16O3. The van der Waals surface area contributed by atoms with E-state index in [0.717, 1.165) is 16.9 Å². The Balaban J connectivity index is 2.27. The smallest absolute Gasteiger partial charge is 0.328 e. The number of hydrogen-bond acceptors (Lipinski definition) is 2. The fourth-order valence-electron chi connectivity index (χ4n) is 1.99. The van der Waals surface area contributed by atoms with Crippen LogP contribution in [-0.2, 0) is 4.79 Å². The van der Waals surface area contributed by atoms with Crippen molar-refractivity contribution in [1.29, 1.82) is 0 Å². The number of carboxylic acid groups (broad SMARTS) is 1. The van der Waals surface area contributed by atoms with Gasteiger partial charge < -0.3 is 9.84 Å². The molecule has 0 saturated carbocycles. The number of allylic oxidation sites excluding steroid dienone is 3. The Morgan fingerprint density at radius 1 is 1.37 bits per heavy atom. The van der Waals surface area contributed by atoms with Crippen LogP contribution < -0.4 is 4.74 Å². The van der Waals surface area contributed by atoms with E-state index in [2.05, 4.69) is 6.92 Å². The average molecular weight is 256 g/mol. The maximum Gasteiger partial charge on any atom is 0.328 e. The van der Waals surface area contributed by atoms with Crippen LogP contribution in [0.4, 0.5) is 0 Å². The van der Waals surface area contributed by atoms with Crippen molar-refractivity contribution < 1.29 is 14.6 Å². The molecule has 0 aromatic heterocycles. The van der Waals surface area contributed by atoms with E-state index in [1.165, 1.54) is 11.6 Å². The number of aliphatic carboxylic acids is 1. The lowest BCUT2D eigenvalue weighted by molar-refractivity contribution is -0.131. The van der Waals surface area contributed by atoms with Gasteiger partial charge in [0.15, 0.2) is 0 Å². The lowest BCUT2D eigenvalue weighted by Crippen LogP contribution is -2.08. The van der Waals surface area contributed by atoms with Gasteiger partial charge in [-0.1, -0.05) is 30.4 Å². The molecule has 3 heteroatoms. The molecule has 0 atom stereocenters. The van der Waals surface area contributed by atoms with Gasteiger partial charge in [0.1, 0.15) is 12.4 Å². The third-order valence-corrected chi connectivity index (χ3v) is 3.05. The molecule has 0 amide bonds. The highest BCUT2D eigenvalue weighted by molar-refractivity contribution is 5.81. The summed E-state index contributed by atoms with van der Waals surface area (Å²) in [7, 11) is 0. The standard InChI is InChI=1S/C16H16O3/c1-11(9-16(17)18)7-8-13-10-19-15-6-4-3-5-14(15)12(13)2/h3-9H,10H2,1-2H3,(H,17,18)/b8-7+,11-9+. The molecule has 0 bridgehead atoms. The van der Waals surface area contributed by atoms with E-state index in [1.807, 2.05) is 30.3 Å². The van der Waals surface area contributed by atoms with Gasteiger partial charge in [-0.15, -0.1) is 0 Å². The van der Waals surface area contributed by atoms with Crippen molar-refractivity contribution >= 4 is 11.5 Å². The third kappa shape index (κ3) is 3.13. The zero-order valence-corrected chi connectivity index (χ0v) is 11.0. The van der Waals surface area contributed by atoms with Crippen LogP contribution in [0.2, 0.25) is 0 Å². The Morgan fingerprint density at radius 3 is 2.84 bits per heavy atom. The van der Waals surface area contributed by atoms with E-state index in [9.17, 15) is 4.79 Å².